The molecular weight excluding hydrogens is 368 g/mol. The maximum atomic E-state index is 12.7. The van der Waals surface area contributed by atoms with Gasteiger partial charge in [0, 0.05) is 31.2 Å². The fourth-order valence-corrected chi connectivity index (χ4v) is 4.28. The van der Waals surface area contributed by atoms with Crippen LogP contribution in [0.3, 0.4) is 0 Å². The smallest absolute Gasteiger partial charge is 0.289 e. The van der Waals surface area contributed by atoms with Gasteiger partial charge in [-0.2, -0.15) is 5.26 Å². The van der Waals surface area contributed by atoms with Gasteiger partial charge in [0.15, 0.2) is 5.76 Å². The number of fused-ring (bicyclic) bond motifs is 1. The lowest BCUT2D eigenvalue weighted by molar-refractivity contribution is 0.0641. The molecule has 0 aromatic carbocycles. The number of ether oxygens (including phenoxy) is 1. The van der Waals surface area contributed by atoms with E-state index in [2.05, 4.69) is 24.8 Å². The van der Waals surface area contributed by atoms with Crippen LogP contribution in [-0.4, -0.2) is 48.1 Å². The number of nitriles is 1. The first-order valence-electron chi connectivity index (χ1n) is 10.1. The highest BCUT2D eigenvalue weighted by molar-refractivity contribution is 5.91. The number of piperazine rings is 1. The second kappa shape index (κ2) is 7.88. The van der Waals surface area contributed by atoms with Gasteiger partial charge in [-0.3, -0.25) is 4.79 Å². The van der Waals surface area contributed by atoms with E-state index in [0.29, 0.717) is 44.2 Å². The average molecular weight is 394 g/mol. The van der Waals surface area contributed by atoms with Crippen LogP contribution in [0.15, 0.2) is 22.8 Å². The average Bonchev–Trinajstić information content (AvgIpc) is 3.26. The molecule has 1 saturated heterocycles. The summed E-state index contributed by atoms with van der Waals surface area (Å²) in [5, 5.41) is 9.93. The van der Waals surface area contributed by atoms with Gasteiger partial charge in [-0.15, -0.1) is 0 Å². The lowest BCUT2D eigenvalue weighted by atomic mass is 9.92. The Kier molecular flexibility index (Phi) is 5.29. The lowest BCUT2D eigenvalue weighted by Crippen LogP contribution is -2.54. The van der Waals surface area contributed by atoms with Gasteiger partial charge in [-0.25, -0.2) is 4.98 Å². The SMILES string of the molecule is CC(C)c1nc(N2CCN(C(=O)c3ccco3)C(C)C2)c(C#N)c2c1COCC2. The van der Waals surface area contributed by atoms with Crippen LogP contribution in [0.5, 0.6) is 0 Å². The van der Waals surface area contributed by atoms with E-state index in [1.807, 2.05) is 11.8 Å². The summed E-state index contributed by atoms with van der Waals surface area (Å²) in [5.74, 6) is 1.25. The molecule has 1 fully saturated rings. The molecule has 1 unspecified atom stereocenters. The van der Waals surface area contributed by atoms with Gasteiger partial charge in [0.1, 0.15) is 11.9 Å². The number of carbonyl (C=O) groups excluding carboxylic acids is 1. The number of pyridine rings is 1. The van der Waals surface area contributed by atoms with Crippen molar-refractivity contribution in [2.45, 2.75) is 45.8 Å². The molecule has 0 N–H and O–H groups in total. The predicted molar refractivity (Wildman–Crippen MR) is 108 cm³/mol. The molecule has 4 heterocycles. The molecule has 7 heteroatoms. The maximum Gasteiger partial charge on any atom is 0.289 e. The topological polar surface area (TPSA) is 82.6 Å². The molecule has 2 aromatic rings. The van der Waals surface area contributed by atoms with E-state index in [1.54, 1.807) is 12.1 Å². The monoisotopic (exact) mass is 394 g/mol. The summed E-state index contributed by atoms with van der Waals surface area (Å²) in [7, 11) is 0. The zero-order chi connectivity index (χ0) is 20.5. The number of hydrogen-bond acceptors (Lipinski definition) is 6. The number of carbonyl (C=O) groups is 1. The third-order valence-electron chi connectivity index (χ3n) is 5.75. The number of rotatable bonds is 3. The van der Waals surface area contributed by atoms with E-state index in [9.17, 15) is 10.1 Å². The quantitative estimate of drug-likeness (QED) is 0.796. The van der Waals surface area contributed by atoms with Gasteiger partial charge in [0.25, 0.3) is 5.91 Å². The maximum absolute atomic E-state index is 12.7. The van der Waals surface area contributed by atoms with Gasteiger partial charge in [0.2, 0.25) is 0 Å². The van der Waals surface area contributed by atoms with Crippen molar-refractivity contribution < 1.29 is 13.9 Å². The molecule has 7 nitrogen and oxygen atoms in total. The van der Waals surface area contributed by atoms with Crippen molar-refractivity contribution in [2.75, 3.05) is 31.1 Å². The first kappa shape index (κ1) is 19.5. The van der Waals surface area contributed by atoms with Gasteiger partial charge in [-0.1, -0.05) is 13.8 Å². The summed E-state index contributed by atoms with van der Waals surface area (Å²) < 4.78 is 10.9. The molecule has 0 spiro atoms. The van der Waals surface area contributed by atoms with E-state index in [-0.39, 0.29) is 17.9 Å². The fourth-order valence-electron chi connectivity index (χ4n) is 4.28. The zero-order valence-corrected chi connectivity index (χ0v) is 17.1. The van der Waals surface area contributed by atoms with Crippen LogP contribution in [-0.2, 0) is 17.8 Å². The first-order valence-corrected chi connectivity index (χ1v) is 10.1. The van der Waals surface area contributed by atoms with Crippen molar-refractivity contribution in [3.05, 3.63) is 46.5 Å². The molecular formula is C22H26N4O3. The Morgan fingerprint density at radius 1 is 1.34 bits per heavy atom. The Morgan fingerprint density at radius 2 is 2.17 bits per heavy atom. The summed E-state index contributed by atoms with van der Waals surface area (Å²) >= 11 is 0. The van der Waals surface area contributed by atoms with Crippen LogP contribution in [0.25, 0.3) is 0 Å². The normalized spacial score (nSPS) is 19.2. The Hall–Kier alpha value is -2.85. The second-order valence-corrected chi connectivity index (χ2v) is 7.99. The Morgan fingerprint density at radius 3 is 2.83 bits per heavy atom. The summed E-state index contributed by atoms with van der Waals surface area (Å²) in [4.78, 5) is 21.6. The third kappa shape index (κ3) is 3.49. The van der Waals surface area contributed by atoms with Crippen molar-refractivity contribution >= 4 is 11.7 Å². The summed E-state index contributed by atoms with van der Waals surface area (Å²) in [6.07, 6.45) is 2.25. The van der Waals surface area contributed by atoms with Crippen LogP contribution in [0.4, 0.5) is 5.82 Å². The molecule has 2 aromatic heterocycles. The van der Waals surface area contributed by atoms with E-state index in [4.69, 9.17) is 14.1 Å². The molecule has 2 aliphatic rings. The second-order valence-electron chi connectivity index (χ2n) is 7.99. The van der Waals surface area contributed by atoms with Crippen molar-refractivity contribution in [3.63, 3.8) is 0 Å². The number of nitrogens with zero attached hydrogens (tertiary/aromatic N) is 4. The highest BCUT2D eigenvalue weighted by Gasteiger charge is 2.33. The summed E-state index contributed by atoms with van der Waals surface area (Å²) in [6.45, 7) is 9.23. The Labute approximate surface area is 170 Å². The largest absolute Gasteiger partial charge is 0.459 e. The van der Waals surface area contributed by atoms with Crippen LogP contribution in [0.2, 0.25) is 0 Å². The molecule has 2 aliphatic heterocycles. The molecule has 0 radical (unpaired) electrons. The predicted octanol–water partition coefficient (Wildman–Crippen LogP) is 3.09. The van der Waals surface area contributed by atoms with E-state index >= 15 is 0 Å². The lowest BCUT2D eigenvalue weighted by Gasteiger charge is -2.41. The van der Waals surface area contributed by atoms with E-state index in [1.165, 1.54) is 6.26 Å². The number of furan rings is 1. The van der Waals surface area contributed by atoms with Gasteiger partial charge < -0.3 is 19.0 Å². The molecule has 0 saturated carbocycles. The number of hydrogen-bond donors (Lipinski definition) is 0. The molecule has 0 aliphatic carbocycles. The molecule has 1 amide bonds. The molecule has 29 heavy (non-hydrogen) atoms. The Balaban J connectivity index is 1.65. The van der Waals surface area contributed by atoms with Crippen molar-refractivity contribution in [2.24, 2.45) is 0 Å². The van der Waals surface area contributed by atoms with Crippen molar-refractivity contribution in [1.82, 2.24) is 9.88 Å². The standard InChI is InChI=1S/C22H26N4O3/c1-14(2)20-18-13-28-10-6-16(18)17(11-23)21(24-20)25-7-8-26(15(3)12-25)22(27)19-5-4-9-29-19/h4-5,9,14-15H,6-8,10,12-13H2,1-3H3. The summed E-state index contributed by atoms with van der Waals surface area (Å²) in [5.41, 5.74) is 3.82. The van der Waals surface area contributed by atoms with Gasteiger partial charge in [-0.05, 0) is 37.0 Å². The Bertz CT molecular complexity index is 946. The van der Waals surface area contributed by atoms with Crippen LogP contribution < -0.4 is 4.90 Å². The van der Waals surface area contributed by atoms with Crippen LogP contribution in [0, 0.1) is 11.3 Å². The minimum atomic E-state index is -0.0962. The summed E-state index contributed by atoms with van der Waals surface area (Å²) in [6, 6.07) is 5.80. The van der Waals surface area contributed by atoms with Crippen molar-refractivity contribution in [1.29, 1.82) is 5.26 Å². The van der Waals surface area contributed by atoms with Gasteiger partial charge >= 0.3 is 0 Å². The fraction of sp³-hybridized carbons (Fsp3) is 0.500. The van der Waals surface area contributed by atoms with Crippen LogP contribution >= 0.6 is 0 Å². The number of aromatic nitrogens is 1. The molecule has 152 valence electrons. The van der Waals surface area contributed by atoms with Crippen LogP contribution in [0.1, 0.15) is 59.6 Å². The highest BCUT2D eigenvalue weighted by atomic mass is 16.5. The van der Waals surface area contributed by atoms with Gasteiger partial charge in [0.05, 0.1) is 30.7 Å². The number of anilines is 1. The van der Waals surface area contributed by atoms with E-state index < -0.39 is 0 Å². The first-order chi connectivity index (χ1) is 14.0. The molecule has 1 atom stereocenters. The third-order valence-corrected chi connectivity index (χ3v) is 5.75. The zero-order valence-electron chi connectivity index (χ0n) is 17.1. The molecule has 4 rings (SSSR count). The minimum absolute atomic E-state index is 0.0171. The minimum Gasteiger partial charge on any atom is -0.459 e. The van der Waals surface area contributed by atoms with E-state index in [0.717, 1.165) is 29.1 Å². The molecule has 0 bridgehead atoms. The highest BCUT2D eigenvalue weighted by Crippen LogP contribution is 2.34. The van der Waals surface area contributed by atoms with Crippen molar-refractivity contribution in [3.8, 4) is 6.07 Å². The number of amides is 1.